The van der Waals surface area contributed by atoms with Crippen LogP contribution in [0.25, 0.3) is 22.6 Å². The van der Waals surface area contributed by atoms with E-state index in [-0.39, 0.29) is 11.2 Å². The number of anilines is 1. The van der Waals surface area contributed by atoms with Gasteiger partial charge in [0.25, 0.3) is 5.56 Å². The molecular formula is C22H23FN6O. The van der Waals surface area contributed by atoms with Gasteiger partial charge in [0.15, 0.2) is 11.5 Å². The third-order valence-electron chi connectivity index (χ3n) is 5.89. The summed E-state index contributed by atoms with van der Waals surface area (Å²) in [5.41, 5.74) is 3.30. The Kier molecular flexibility index (Phi) is 4.32. The van der Waals surface area contributed by atoms with Crippen LogP contribution < -0.4 is 10.5 Å². The third-order valence-corrected chi connectivity index (χ3v) is 5.89. The molecule has 5 heterocycles. The lowest BCUT2D eigenvalue weighted by atomic mass is 10.2. The maximum absolute atomic E-state index is 14.5. The van der Waals surface area contributed by atoms with Gasteiger partial charge < -0.3 is 14.2 Å². The molecule has 0 N–H and O–H groups in total. The quantitative estimate of drug-likeness (QED) is 0.512. The van der Waals surface area contributed by atoms with Crippen molar-refractivity contribution in [2.75, 3.05) is 31.6 Å². The lowest BCUT2D eigenvalue weighted by Gasteiger charge is -2.39. The van der Waals surface area contributed by atoms with Crippen molar-refractivity contribution in [2.24, 2.45) is 0 Å². The summed E-state index contributed by atoms with van der Waals surface area (Å²) in [6.07, 6.45) is 5.34. The van der Waals surface area contributed by atoms with E-state index >= 15 is 0 Å². The Balaban J connectivity index is 1.56. The van der Waals surface area contributed by atoms with Crippen LogP contribution in [-0.4, -0.2) is 56.4 Å². The molecule has 0 bridgehead atoms. The first-order valence-electron chi connectivity index (χ1n) is 10.0. The number of rotatable bonds is 2. The molecule has 1 fully saturated rings. The molecule has 1 atom stereocenters. The summed E-state index contributed by atoms with van der Waals surface area (Å²) in [6, 6.07) is 7.11. The van der Waals surface area contributed by atoms with Gasteiger partial charge in [0.2, 0.25) is 0 Å². The zero-order valence-electron chi connectivity index (χ0n) is 17.2. The topological polar surface area (TPSA) is 58.2 Å². The second-order valence-electron chi connectivity index (χ2n) is 8.06. The number of hydrogen-bond donors (Lipinski definition) is 0. The fourth-order valence-corrected chi connectivity index (χ4v) is 4.03. The van der Waals surface area contributed by atoms with Crippen LogP contribution in [0, 0.1) is 12.7 Å². The molecule has 0 saturated carbocycles. The zero-order chi connectivity index (χ0) is 21.0. The summed E-state index contributed by atoms with van der Waals surface area (Å²) >= 11 is 0. The number of pyridine rings is 2. The van der Waals surface area contributed by atoms with Crippen molar-refractivity contribution >= 4 is 17.0 Å². The summed E-state index contributed by atoms with van der Waals surface area (Å²) in [5.74, 6) is -0.442. The van der Waals surface area contributed by atoms with Crippen molar-refractivity contribution in [1.82, 2.24) is 23.7 Å². The van der Waals surface area contributed by atoms with Crippen LogP contribution >= 0.6 is 0 Å². The maximum Gasteiger partial charge on any atom is 0.258 e. The van der Waals surface area contributed by atoms with E-state index < -0.39 is 5.82 Å². The van der Waals surface area contributed by atoms with Gasteiger partial charge >= 0.3 is 0 Å². The lowest BCUT2D eigenvalue weighted by molar-refractivity contribution is 0.234. The molecule has 0 aliphatic carbocycles. The van der Waals surface area contributed by atoms with Gasteiger partial charge in [0, 0.05) is 55.9 Å². The number of likely N-dealkylation sites (N-methyl/N-ethyl adjacent to an activating group) is 1. The molecule has 4 aromatic heterocycles. The number of imidazole rings is 1. The van der Waals surface area contributed by atoms with Crippen molar-refractivity contribution in [3.63, 3.8) is 0 Å². The van der Waals surface area contributed by atoms with Crippen molar-refractivity contribution in [3.8, 4) is 11.3 Å². The predicted molar refractivity (Wildman–Crippen MR) is 115 cm³/mol. The lowest BCUT2D eigenvalue weighted by Crippen LogP contribution is -2.50. The summed E-state index contributed by atoms with van der Waals surface area (Å²) in [4.78, 5) is 26.3. The first kappa shape index (κ1) is 18.7. The average Bonchev–Trinajstić information content (AvgIpc) is 3.10. The largest absolute Gasteiger partial charge is 0.367 e. The normalized spacial score (nSPS) is 17.9. The monoisotopic (exact) mass is 406 g/mol. The Labute approximate surface area is 173 Å². The van der Waals surface area contributed by atoms with E-state index in [1.165, 1.54) is 12.1 Å². The van der Waals surface area contributed by atoms with Crippen molar-refractivity contribution in [3.05, 3.63) is 64.7 Å². The van der Waals surface area contributed by atoms with Gasteiger partial charge in [-0.15, -0.1) is 0 Å². The molecule has 1 aliphatic rings. The molecule has 7 nitrogen and oxygen atoms in total. The smallest absolute Gasteiger partial charge is 0.258 e. The molecule has 0 spiro atoms. The molecule has 154 valence electrons. The van der Waals surface area contributed by atoms with Gasteiger partial charge in [0.1, 0.15) is 5.65 Å². The maximum atomic E-state index is 14.5. The first-order valence-corrected chi connectivity index (χ1v) is 10.0. The van der Waals surface area contributed by atoms with Gasteiger partial charge in [-0.1, -0.05) is 0 Å². The number of aryl methyl sites for hydroxylation is 1. The Morgan fingerprint density at radius 1 is 1.10 bits per heavy atom. The van der Waals surface area contributed by atoms with Crippen LogP contribution in [-0.2, 0) is 0 Å². The first-order chi connectivity index (χ1) is 14.4. The fraction of sp³-hybridized carbons (Fsp3) is 0.318. The van der Waals surface area contributed by atoms with Gasteiger partial charge in [0.05, 0.1) is 17.1 Å². The standard InChI is InChI=1S/C22H23FN6O/c1-14-10-28-12-16(8-18(23)22(28)24-14)19-9-21(30)29-13-17(4-5-20(29)25-19)27-7-6-26(3)15(2)11-27/h4-5,8-10,12-13,15H,6-7,11H2,1-3H3/t15-/m0/s1. The van der Waals surface area contributed by atoms with Crippen molar-refractivity contribution < 1.29 is 4.39 Å². The van der Waals surface area contributed by atoms with E-state index in [0.717, 1.165) is 31.0 Å². The number of hydrogen-bond acceptors (Lipinski definition) is 5. The summed E-state index contributed by atoms with van der Waals surface area (Å²) in [6.45, 7) is 6.81. The molecule has 0 aromatic carbocycles. The van der Waals surface area contributed by atoms with Crippen LogP contribution in [0.2, 0.25) is 0 Å². The second kappa shape index (κ2) is 6.91. The number of piperazine rings is 1. The third kappa shape index (κ3) is 3.13. The van der Waals surface area contributed by atoms with Gasteiger partial charge in [-0.3, -0.25) is 9.20 Å². The van der Waals surface area contributed by atoms with Crippen molar-refractivity contribution in [1.29, 1.82) is 0 Å². The van der Waals surface area contributed by atoms with Crippen molar-refractivity contribution in [2.45, 2.75) is 19.9 Å². The Bertz CT molecular complexity index is 1330. The highest BCUT2D eigenvalue weighted by Gasteiger charge is 2.21. The minimum atomic E-state index is -0.442. The average molecular weight is 406 g/mol. The van der Waals surface area contributed by atoms with Crippen LogP contribution in [0.5, 0.6) is 0 Å². The number of nitrogens with zero attached hydrogens (tertiary/aromatic N) is 6. The highest BCUT2D eigenvalue weighted by Crippen LogP contribution is 2.22. The van der Waals surface area contributed by atoms with Gasteiger partial charge in [-0.25, -0.2) is 14.4 Å². The van der Waals surface area contributed by atoms with Gasteiger partial charge in [-0.2, -0.15) is 0 Å². The fourth-order valence-electron chi connectivity index (χ4n) is 4.03. The van der Waals surface area contributed by atoms with E-state index in [4.69, 9.17) is 0 Å². The van der Waals surface area contributed by atoms with Crippen LogP contribution in [0.4, 0.5) is 10.1 Å². The molecule has 1 saturated heterocycles. The minimum absolute atomic E-state index is 0.193. The van der Waals surface area contributed by atoms with Gasteiger partial charge in [-0.05, 0) is 39.1 Å². The Hall–Kier alpha value is -3.26. The van der Waals surface area contributed by atoms with Crippen LogP contribution in [0.3, 0.4) is 0 Å². The molecule has 4 aromatic rings. The van der Waals surface area contributed by atoms with E-state index in [0.29, 0.717) is 22.9 Å². The molecule has 8 heteroatoms. The SMILES string of the molecule is Cc1cn2cc(-c3cc(=O)n4cc(N5CCN(C)[C@@H](C)C5)ccc4n3)cc(F)c2n1. The number of fused-ring (bicyclic) bond motifs is 2. The molecule has 5 rings (SSSR count). The zero-order valence-corrected chi connectivity index (χ0v) is 17.2. The van der Waals surface area contributed by atoms with E-state index in [9.17, 15) is 9.18 Å². The molecule has 30 heavy (non-hydrogen) atoms. The molecule has 0 amide bonds. The highest BCUT2D eigenvalue weighted by atomic mass is 19.1. The van der Waals surface area contributed by atoms with Crippen LogP contribution in [0.1, 0.15) is 12.6 Å². The second-order valence-corrected chi connectivity index (χ2v) is 8.06. The number of halogens is 1. The Morgan fingerprint density at radius 2 is 1.93 bits per heavy atom. The molecule has 1 aliphatic heterocycles. The van der Waals surface area contributed by atoms with E-state index in [1.54, 1.807) is 21.2 Å². The predicted octanol–water partition coefficient (Wildman–Crippen LogP) is 2.60. The van der Waals surface area contributed by atoms with Crippen LogP contribution in [0.15, 0.2) is 47.7 Å². The number of aromatic nitrogens is 4. The summed E-state index contributed by atoms with van der Waals surface area (Å²) in [5, 5.41) is 0. The Morgan fingerprint density at radius 3 is 2.73 bits per heavy atom. The van der Waals surface area contributed by atoms with E-state index in [1.807, 2.05) is 25.3 Å². The highest BCUT2D eigenvalue weighted by molar-refractivity contribution is 5.64. The molecular weight excluding hydrogens is 383 g/mol. The molecule has 0 unspecified atom stereocenters. The van der Waals surface area contributed by atoms with E-state index in [2.05, 4.69) is 33.7 Å². The summed E-state index contributed by atoms with van der Waals surface area (Å²) < 4.78 is 17.7. The minimum Gasteiger partial charge on any atom is -0.367 e. The molecule has 0 radical (unpaired) electrons. The summed E-state index contributed by atoms with van der Waals surface area (Å²) in [7, 11) is 2.13.